The molecule has 0 spiro atoms. The number of benzene rings is 2. The zero-order valence-electron chi connectivity index (χ0n) is 14.5. The van der Waals surface area contributed by atoms with E-state index in [9.17, 15) is 14.7 Å². The predicted molar refractivity (Wildman–Crippen MR) is 97.3 cm³/mol. The molecule has 0 saturated heterocycles. The van der Waals surface area contributed by atoms with E-state index in [-0.39, 0.29) is 18.4 Å². The highest BCUT2D eigenvalue weighted by Crippen LogP contribution is 2.07. The van der Waals surface area contributed by atoms with Crippen LogP contribution in [0.5, 0.6) is 0 Å². The third kappa shape index (κ3) is 5.72. The first-order valence-electron chi connectivity index (χ1n) is 8.32. The lowest BCUT2D eigenvalue weighted by Crippen LogP contribution is -2.46. The maximum absolute atomic E-state index is 12.1. The molecule has 0 bridgehead atoms. The number of nitrogens with one attached hydrogen (secondary N) is 2. The van der Waals surface area contributed by atoms with Crippen LogP contribution in [0, 0.1) is 6.92 Å². The maximum Gasteiger partial charge on any atom is 0.251 e. The number of aliphatic hydroxyl groups excluding tert-OH is 1. The fourth-order valence-corrected chi connectivity index (χ4v) is 2.52. The van der Waals surface area contributed by atoms with Gasteiger partial charge in [0.2, 0.25) is 5.91 Å². The number of rotatable bonds is 7. The van der Waals surface area contributed by atoms with E-state index in [0.717, 1.165) is 11.1 Å². The van der Waals surface area contributed by atoms with E-state index in [1.165, 1.54) is 0 Å². The summed E-state index contributed by atoms with van der Waals surface area (Å²) in [6.07, 6.45) is -0.240. The van der Waals surface area contributed by atoms with E-state index in [1.54, 1.807) is 19.1 Å². The standard InChI is InChI=1S/C20H24N2O3/c1-14-8-6-7-11-17(14)20(25)21-13-19(24)22-15(2)18(23)12-16-9-4-3-5-10-16/h3-11,15,18,23H,12-13H2,1-2H3,(H,21,25)(H,22,24). The average molecular weight is 340 g/mol. The van der Waals surface area contributed by atoms with Crippen LogP contribution in [0.25, 0.3) is 0 Å². The minimum absolute atomic E-state index is 0.129. The van der Waals surface area contributed by atoms with Crippen LogP contribution in [0.15, 0.2) is 54.6 Å². The van der Waals surface area contributed by atoms with E-state index in [2.05, 4.69) is 10.6 Å². The van der Waals surface area contributed by atoms with Crippen LogP contribution in [-0.4, -0.2) is 35.6 Å². The number of aryl methyl sites for hydroxylation is 1. The summed E-state index contributed by atoms with van der Waals surface area (Å²) in [4.78, 5) is 24.1. The van der Waals surface area contributed by atoms with Crippen molar-refractivity contribution in [3.05, 3.63) is 71.3 Å². The van der Waals surface area contributed by atoms with Crippen LogP contribution in [0.2, 0.25) is 0 Å². The summed E-state index contributed by atoms with van der Waals surface area (Å²) >= 11 is 0. The van der Waals surface area contributed by atoms with Gasteiger partial charge in [-0.1, -0.05) is 48.5 Å². The normalized spacial score (nSPS) is 12.9. The van der Waals surface area contributed by atoms with Crippen LogP contribution in [0.3, 0.4) is 0 Å². The molecule has 2 aromatic carbocycles. The highest BCUT2D eigenvalue weighted by atomic mass is 16.3. The molecule has 0 heterocycles. The van der Waals surface area contributed by atoms with Crippen LogP contribution in [-0.2, 0) is 11.2 Å². The van der Waals surface area contributed by atoms with Crippen molar-refractivity contribution >= 4 is 11.8 Å². The fourth-order valence-electron chi connectivity index (χ4n) is 2.52. The minimum Gasteiger partial charge on any atom is -0.391 e. The molecule has 0 radical (unpaired) electrons. The van der Waals surface area contributed by atoms with Gasteiger partial charge in [0, 0.05) is 12.0 Å². The third-order valence-electron chi connectivity index (χ3n) is 4.05. The van der Waals surface area contributed by atoms with Crippen LogP contribution in [0.4, 0.5) is 0 Å². The summed E-state index contributed by atoms with van der Waals surface area (Å²) < 4.78 is 0. The summed E-state index contributed by atoms with van der Waals surface area (Å²) in [5.74, 6) is -0.618. The molecule has 0 aliphatic heterocycles. The zero-order chi connectivity index (χ0) is 18.2. The van der Waals surface area contributed by atoms with Gasteiger partial charge in [-0.2, -0.15) is 0 Å². The van der Waals surface area contributed by atoms with E-state index in [4.69, 9.17) is 0 Å². The van der Waals surface area contributed by atoms with Gasteiger partial charge < -0.3 is 15.7 Å². The molecule has 5 heteroatoms. The summed E-state index contributed by atoms with van der Waals surface area (Å²) in [5.41, 5.74) is 2.41. The van der Waals surface area contributed by atoms with Gasteiger partial charge in [0.25, 0.3) is 5.91 Å². The topological polar surface area (TPSA) is 78.4 Å². The lowest BCUT2D eigenvalue weighted by Gasteiger charge is -2.20. The molecule has 25 heavy (non-hydrogen) atoms. The molecule has 5 nitrogen and oxygen atoms in total. The Morgan fingerprint density at radius 2 is 1.68 bits per heavy atom. The van der Waals surface area contributed by atoms with Gasteiger partial charge in [-0.05, 0) is 31.0 Å². The van der Waals surface area contributed by atoms with Gasteiger partial charge in [-0.25, -0.2) is 0 Å². The monoisotopic (exact) mass is 340 g/mol. The SMILES string of the molecule is Cc1ccccc1C(=O)NCC(=O)NC(C)C(O)Cc1ccccc1. The Morgan fingerprint density at radius 1 is 1.04 bits per heavy atom. The van der Waals surface area contributed by atoms with Crippen molar-refractivity contribution in [2.45, 2.75) is 32.4 Å². The average Bonchev–Trinajstić information content (AvgIpc) is 2.61. The number of amides is 2. The lowest BCUT2D eigenvalue weighted by atomic mass is 10.0. The molecule has 0 aliphatic carbocycles. The Bertz CT molecular complexity index is 716. The molecular formula is C20H24N2O3. The number of hydrogen-bond acceptors (Lipinski definition) is 3. The number of aliphatic hydroxyl groups is 1. The van der Waals surface area contributed by atoms with Crippen LogP contribution in [0.1, 0.15) is 28.4 Å². The largest absolute Gasteiger partial charge is 0.391 e. The number of carbonyl (C=O) groups is 2. The van der Waals surface area contributed by atoms with Crippen molar-refractivity contribution in [1.82, 2.24) is 10.6 Å². The van der Waals surface area contributed by atoms with Crippen molar-refractivity contribution in [2.24, 2.45) is 0 Å². The second-order valence-corrected chi connectivity index (χ2v) is 6.11. The second-order valence-electron chi connectivity index (χ2n) is 6.11. The molecule has 2 atom stereocenters. The van der Waals surface area contributed by atoms with Gasteiger partial charge in [0.05, 0.1) is 18.7 Å². The quantitative estimate of drug-likeness (QED) is 0.719. The lowest BCUT2D eigenvalue weighted by molar-refractivity contribution is -0.121. The first-order chi connectivity index (χ1) is 12.0. The highest BCUT2D eigenvalue weighted by molar-refractivity contribution is 5.97. The first kappa shape index (κ1) is 18.7. The number of hydrogen-bond donors (Lipinski definition) is 3. The van der Waals surface area contributed by atoms with Crippen LogP contribution >= 0.6 is 0 Å². The fraction of sp³-hybridized carbons (Fsp3) is 0.300. The van der Waals surface area contributed by atoms with Crippen molar-refractivity contribution in [2.75, 3.05) is 6.54 Å². The van der Waals surface area contributed by atoms with Gasteiger partial charge in [0.15, 0.2) is 0 Å². The Balaban J connectivity index is 1.79. The molecule has 2 rings (SSSR count). The molecule has 0 saturated carbocycles. The van der Waals surface area contributed by atoms with Crippen molar-refractivity contribution < 1.29 is 14.7 Å². The van der Waals surface area contributed by atoms with Crippen molar-refractivity contribution in [3.63, 3.8) is 0 Å². The van der Waals surface area contributed by atoms with Gasteiger partial charge in [-0.15, -0.1) is 0 Å². The molecule has 0 fully saturated rings. The molecule has 0 aliphatic rings. The van der Waals surface area contributed by atoms with Crippen molar-refractivity contribution in [3.8, 4) is 0 Å². The van der Waals surface area contributed by atoms with E-state index < -0.39 is 12.1 Å². The minimum atomic E-state index is -0.696. The Hall–Kier alpha value is -2.66. The summed E-state index contributed by atoms with van der Waals surface area (Å²) in [7, 11) is 0. The van der Waals surface area contributed by atoms with E-state index in [0.29, 0.717) is 12.0 Å². The summed E-state index contributed by atoms with van der Waals surface area (Å²) in [5, 5.41) is 15.5. The predicted octanol–water partition coefficient (Wildman–Crippen LogP) is 1.83. The van der Waals surface area contributed by atoms with E-state index in [1.807, 2.05) is 49.4 Å². The Kier molecular flexibility index (Phi) is 6.71. The van der Waals surface area contributed by atoms with Gasteiger partial charge >= 0.3 is 0 Å². The van der Waals surface area contributed by atoms with Gasteiger partial charge in [0.1, 0.15) is 0 Å². The Labute approximate surface area is 148 Å². The zero-order valence-corrected chi connectivity index (χ0v) is 14.5. The maximum atomic E-state index is 12.1. The molecule has 132 valence electrons. The van der Waals surface area contributed by atoms with Crippen LogP contribution < -0.4 is 10.6 Å². The molecule has 2 amide bonds. The summed E-state index contributed by atoms with van der Waals surface area (Å²) in [6.45, 7) is 3.46. The van der Waals surface area contributed by atoms with Gasteiger partial charge in [-0.3, -0.25) is 9.59 Å². The summed E-state index contributed by atoms with van der Waals surface area (Å²) in [6, 6.07) is 16.4. The molecule has 2 aromatic rings. The molecule has 2 unspecified atom stereocenters. The highest BCUT2D eigenvalue weighted by Gasteiger charge is 2.17. The second kappa shape index (κ2) is 8.99. The third-order valence-corrected chi connectivity index (χ3v) is 4.05. The van der Waals surface area contributed by atoms with E-state index >= 15 is 0 Å². The molecule has 3 N–H and O–H groups in total. The molecule has 0 aromatic heterocycles. The Morgan fingerprint density at radius 3 is 2.36 bits per heavy atom. The molecular weight excluding hydrogens is 316 g/mol. The first-order valence-corrected chi connectivity index (χ1v) is 8.32. The van der Waals surface area contributed by atoms with Crippen molar-refractivity contribution in [1.29, 1.82) is 0 Å². The smallest absolute Gasteiger partial charge is 0.251 e. The number of carbonyl (C=O) groups excluding carboxylic acids is 2.